The van der Waals surface area contributed by atoms with Crippen molar-refractivity contribution < 1.29 is 9.52 Å². The van der Waals surface area contributed by atoms with Gasteiger partial charge in [0.05, 0.1) is 12.8 Å². The van der Waals surface area contributed by atoms with Crippen LogP contribution in [0.4, 0.5) is 0 Å². The molecule has 8 nitrogen and oxygen atoms in total. The fourth-order valence-corrected chi connectivity index (χ4v) is 2.59. The third-order valence-corrected chi connectivity index (χ3v) is 4.03. The van der Waals surface area contributed by atoms with E-state index in [9.17, 15) is 5.11 Å². The predicted molar refractivity (Wildman–Crippen MR) is 102 cm³/mol. The first-order valence-corrected chi connectivity index (χ1v) is 8.83. The molecular weight excluding hydrogens is 344 g/mol. The minimum atomic E-state index is -1.15. The zero-order valence-electron chi connectivity index (χ0n) is 15.5. The molecule has 8 heteroatoms. The van der Waals surface area contributed by atoms with Gasteiger partial charge in [-0.15, -0.1) is 10.2 Å². The van der Waals surface area contributed by atoms with Crippen LogP contribution >= 0.6 is 0 Å². The summed E-state index contributed by atoms with van der Waals surface area (Å²) in [6.07, 6.45) is 3.21. The standard InChI is InChI=1S/C19H24N6O2/c1-3-20-18(22-13-19(2,26)16-10-7-11-27-16)21-12-17-24-23-14-25(17)15-8-5-4-6-9-15/h4-11,14,26H,3,12-13H2,1-2H3,(H2,20,21,22). The van der Waals surface area contributed by atoms with Crippen molar-refractivity contribution in [2.45, 2.75) is 26.0 Å². The highest BCUT2D eigenvalue weighted by Crippen LogP contribution is 2.19. The molecule has 142 valence electrons. The van der Waals surface area contributed by atoms with Gasteiger partial charge in [-0.1, -0.05) is 18.2 Å². The van der Waals surface area contributed by atoms with Crippen LogP contribution in [-0.4, -0.2) is 38.9 Å². The summed E-state index contributed by atoms with van der Waals surface area (Å²) in [5.41, 5.74) is -0.171. The Morgan fingerprint density at radius 2 is 2.04 bits per heavy atom. The first-order chi connectivity index (χ1) is 13.1. The Labute approximate surface area is 158 Å². The first-order valence-electron chi connectivity index (χ1n) is 8.83. The minimum absolute atomic E-state index is 0.248. The minimum Gasteiger partial charge on any atom is -0.466 e. The topological polar surface area (TPSA) is 100 Å². The highest BCUT2D eigenvalue weighted by Gasteiger charge is 2.26. The second-order valence-corrected chi connectivity index (χ2v) is 6.25. The van der Waals surface area contributed by atoms with E-state index < -0.39 is 5.60 Å². The zero-order valence-corrected chi connectivity index (χ0v) is 15.5. The zero-order chi connectivity index (χ0) is 19.1. The molecule has 2 aromatic heterocycles. The molecule has 0 saturated heterocycles. The Morgan fingerprint density at radius 3 is 2.74 bits per heavy atom. The number of hydrogen-bond donors (Lipinski definition) is 3. The van der Waals surface area contributed by atoms with Crippen LogP contribution in [-0.2, 0) is 12.1 Å². The van der Waals surface area contributed by atoms with Crippen molar-refractivity contribution in [1.82, 2.24) is 25.4 Å². The van der Waals surface area contributed by atoms with Crippen molar-refractivity contribution in [2.75, 3.05) is 13.1 Å². The van der Waals surface area contributed by atoms with Crippen molar-refractivity contribution in [3.05, 3.63) is 66.6 Å². The van der Waals surface area contributed by atoms with E-state index in [1.165, 1.54) is 0 Å². The van der Waals surface area contributed by atoms with Crippen LogP contribution in [0.25, 0.3) is 5.69 Å². The molecule has 1 aromatic carbocycles. The average Bonchev–Trinajstić information content (AvgIpc) is 3.37. The third kappa shape index (κ3) is 4.73. The lowest BCUT2D eigenvalue weighted by atomic mass is 10.0. The molecule has 0 bridgehead atoms. The van der Waals surface area contributed by atoms with Gasteiger partial charge >= 0.3 is 0 Å². The summed E-state index contributed by atoms with van der Waals surface area (Å²) in [7, 11) is 0. The molecule has 1 unspecified atom stereocenters. The van der Waals surface area contributed by atoms with Gasteiger partial charge in [-0.3, -0.25) is 4.57 Å². The summed E-state index contributed by atoms with van der Waals surface area (Å²) < 4.78 is 7.20. The van der Waals surface area contributed by atoms with E-state index in [-0.39, 0.29) is 6.54 Å². The smallest absolute Gasteiger partial charge is 0.191 e. The number of rotatable bonds is 7. The van der Waals surface area contributed by atoms with Gasteiger partial charge < -0.3 is 20.2 Å². The maximum absolute atomic E-state index is 10.6. The van der Waals surface area contributed by atoms with Crippen LogP contribution in [0.2, 0.25) is 0 Å². The maximum atomic E-state index is 10.6. The predicted octanol–water partition coefficient (Wildman–Crippen LogP) is 1.82. The average molecular weight is 368 g/mol. The van der Waals surface area contributed by atoms with Crippen molar-refractivity contribution in [3.63, 3.8) is 0 Å². The largest absolute Gasteiger partial charge is 0.466 e. The summed E-state index contributed by atoms with van der Waals surface area (Å²) in [6.45, 7) is 4.95. The fraction of sp³-hybridized carbons (Fsp3) is 0.316. The van der Waals surface area contributed by atoms with Gasteiger partial charge in [0.25, 0.3) is 0 Å². The molecule has 0 saturated carbocycles. The normalized spacial score (nSPS) is 14.0. The van der Waals surface area contributed by atoms with Crippen LogP contribution in [0.3, 0.4) is 0 Å². The molecule has 0 spiro atoms. The fourth-order valence-electron chi connectivity index (χ4n) is 2.59. The van der Waals surface area contributed by atoms with Gasteiger partial charge in [-0.05, 0) is 38.1 Å². The molecule has 0 aliphatic heterocycles. The first kappa shape index (κ1) is 18.7. The van der Waals surface area contributed by atoms with E-state index in [1.807, 2.05) is 41.8 Å². The monoisotopic (exact) mass is 368 g/mol. The molecule has 3 N–H and O–H groups in total. The number of benzene rings is 1. The summed E-state index contributed by atoms with van der Waals surface area (Å²) in [5.74, 6) is 1.79. The summed E-state index contributed by atoms with van der Waals surface area (Å²) in [5, 5.41) is 25.0. The van der Waals surface area contributed by atoms with Crippen LogP contribution in [0.5, 0.6) is 0 Å². The number of aliphatic hydroxyl groups is 1. The molecule has 1 atom stereocenters. The molecule has 27 heavy (non-hydrogen) atoms. The Hall–Kier alpha value is -3.13. The lowest BCUT2D eigenvalue weighted by Gasteiger charge is -2.22. The number of nitrogens with one attached hydrogen (secondary N) is 2. The number of guanidine groups is 1. The highest BCUT2D eigenvalue weighted by molar-refractivity contribution is 5.79. The van der Waals surface area contributed by atoms with Crippen LogP contribution in [0.15, 0.2) is 64.5 Å². The number of hydrogen-bond acceptors (Lipinski definition) is 5. The third-order valence-electron chi connectivity index (χ3n) is 4.03. The number of furan rings is 1. The van der Waals surface area contributed by atoms with Crippen molar-refractivity contribution in [1.29, 1.82) is 0 Å². The summed E-state index contributed by atoms with van der Waals surface area (Å²) in [4.78, 5) is 4.56. The van der Waals surface area contributed by atoms with E-state index in [0.717, 1.165) is 11.5 Å². The van der Waals surface area contributed by atoms with Crippen LogP contribution in [0, 0.1) is 0 Å². The van der Waals surface area contributed by atoms with Gasteiger partial charge in [-0.2, -0.15) is 0 Å². The molecule has 3 rings (SSSR count). The van der Waals surface area contributed by atoms with Crippen molar-refractivity contribution in [2.24, 2.45) is 4.99 Å². The molecule has 0 radical (unpaired) electrons. The van der Waals surface area contributed by atoms with Gasteiger partial charge in [0, 0.05) is 12.2 Å². The van der Waals surface area contributed by atoms with E-state index in [2.05, 4.69) is 25.8 Å². The second-order valence-electron chi connectivity index (χ2n) is 6.25. The molecule has 3 aromatic rings. The Kier molecular flexibility index (Phi) is 5.87. The van der Waals surface area contributed by atoms with Gasteiger partial charge in [0.15, 0.2) is 11.8 Å². The van der Waals surface area contributed by atoms with Gasteiger partial charge in [0.2, 0.25) is 0 Å². The van der Waals surface area contributed by atoms with Crippen LogP contribution < -0.4 is 10.6 Å². The highest BCUT2D eigenvalue weighted by atomic mass is 16.4. The maximum Gasteiger partial charge on any atom is 0.191 e. The Balaban J connectivity index is 1.69. The number of aromatic nitrogens is 3. The van der Waals surface area contributed by atoms with E-state index in [1.54, 1.807) is 31.6 Å². The summed E-state index contributed by atoms with van der Waals surface area (Å²) in [6, 6.07) is 13.4. The van der Waals surface area contributed by atoms with Gasteiger partial charge in [-0.25, -0.2) is 4.99 Å². The Bertz CT molecular complexity index is 855. The number of para-hydroxylation sites is 1. The van der Waals surface area contributed by atoms with Crippen LogP contribution in [0.1, 0.15) is 25.4 Å². The van der Waals surface area contributed by atoms with E-state index in [0.29, 0.717) is 24.8 Å². The quantitative estimate of drug-likeness (QED) is 0.434. The van der Waals surface area contributed by atoms with Crippen molar-refractivity contribution in [3.8, 4) is 5.69 Å². The SMILES string of the molecule is CCNC(=NCc1nncn1-c1ccccc1)NCC(C)(O)c1ccco1. The molecule has 0 aliphatic rings. The molecule has 0 aliphatic carbocycles. The van der Waals surface area contributed by atoms with Gasteiger partial charge in [0.1, 0.15) is 24.2 Å². The summed E-state index contributed by atoms with van der Waals surface area (Å²) >= 11 is 0. The molecule has 0 fully saturated rings. The second kappa shape index (κ2) is 8.50. The van der Waals surface area contributed by atoms with E-state index in [4.69, 9.17) is 4.42 Å². The molecule has 0 amide bonds. The van der Waals surface area contributed by atoms with Crippen molar-refractivity contribution >= 4 is 5.96 Å². The molecule has 2 heterocycles. The number of nitrogens with zero attached hydrogens (tertiary/aromatic N) is 4. The Morgan fingerprint density at radius 1 is 1.22 bits per heavy atom. The molecular formula is C19H24N6O2. The van der Waals surface area contributed by atoms with E-state index >= 15 is 0 Å². The lowest BCUT2D eigenvalue weighted by molar-refractivity contribution is 0.0386. The lowest BCUT2D eigenvalue weighted by Crippen LogP contribution is -2.44. The number of aliphatic imine (C=N–C) groups is 1.